The van der Waals surface area contributed by atoms with Crippen molar-refractivity contribution in [3.05, 3.63) is 83.9 Å². The van der Waals surface area contributed by atoms with Crippen LogP contribution in [-0.4, -0.2) is 92.6 Å². The molecule has 0 saturated carbocycles. The molecular formula is C35H44N6O5. The number of hydrogen-bond acceptors (Lipinski definition) is 10. The summed E-state index contributed by atoms with van der Waals surface area (Å²) in [6.45, 7) is 6.67. The highest BCUT2D eigenvalue weighted by atomic mass is 16.6. The molecule has 46 heavy (non-hydrogen) atoms. The number of nitrogens with zero attached hydrogens (tertiary/aromatic N) is 5. The highest BCUT2D eigenvalue weighted by Gasteiger charge is 2.44. The van der Waals surface area contributed by atoms with E-state index in [0.29, 0.717) is 41.2 Å². The van der Waals surface area contributed by atoms with E-state index in [1.54, 1.807) is 10.9 Å². The molecule has 2 aromatic heterocycles. The maximum absolute atomic E-state index is 12.7. The molecule has 0 amide bonds. The van der Waals surface area contributed by atoms with Crippen LogP contribution in [0.5, 0.6) is 0 Å². The molecule has 2 saturated heterocycles. The highest BCUT2D eigenvalue weighted by Crippen LogP contribution is 2.35. The molecule has 0 bridgehead atoms. The number of aldehydes is 1. The zero-order chi connectivity index (χ0) is 32.2. The number of anilines is 1. The molecule has 0 radical (unpaired) electrons. The molecule has 2 fully saturated rings. The van der Waals surface area contributed by atoms with Crippen molar-refractivity contribution in [1.82, 2.24) is 24.4 Å². The number of piperidine rings is 1. The van der Waals surface area contributed by atoms with Gasteiger partial charge in [-0.1, -0.05) is 74.5 Å². The number of methoxy groups -OCH3 is 1. The summed E-state index contributed by atoms with van der Waals surface area (Å²) in [4.78, 5) is 29.3. The Morgan fingerprint density at radius 1 is 1.00 bits per heavy atom. The number of imidazole rings is 1. The van der Waals surface area contributed by atoms with Gasteiger partial charge in [-0.2, -0.15) is 0 Å². The van der Waals surface area contributed by atoms with Crippen LogP contribution in [0, 0.1) is 11.8 Å². The maximum atomic E-state index is 12.7. The van der Waals surface area contributed by atoms with Crippen molar-refractivity contribution < 1.29 is 24.5 Å². The lowest BCUT2D eigenvalue weighted by Gasteiger charge is -2.36. The summed E-state index contributed by atoms with van der Waals surface area (Å²) in [6, 6.07) is 19.9. The van der Waals surface area contributed by atoms with Crippen molar-refractivity contribution in [3.63, 3.8) is 0 Å². The second kappa shape index (κ2) is 14.4. The van der Waals surface area contributed by atoms with Gasteiger partial charge in [-0.15, -0.1) is 0 Å². The summed E-state index contributed by atoms with van der Waals surface area (Å²) < 4.78 is 12.9. The second-order valence-electron chi connectivity index (χ2n) is 12.7. The van der Waals surface area contributed by atoms with Crippen molar-refractivity contribution in [2.75, 3.05) is 38.7 Å². The van der Waals surface area contributed by atoms with E-state index < -0.39 is 30.6 Å². The fraction of sp³-hybridized carbons (Fsp3) is 0.486. The van der Waals surface area contributed by atoms with Crippen LogP contribution in [0.2, 0.25) is 0 Å². The van der Waals surface area contributed by atoms with Gasteiger partial charge in [-0.25, -0.2) is 15.0 Å². The minimum absolute atomic E-state index is 0.0137. The van der Waals surface area contributed by atoms with Gasteiger partial charge in [0.1, 0.15) is 30.6 Å². The third kappa shape index (κ3) is 6.56. The summed E-state index contributed by atoms with van der Waals surface area (Å²) in [7, 11) is 1.52. The predicted octanol–water partition coefficient (Wildman–Crippen LogP) is 3.94. The van der Waals surface area contributed by atoms with Crippen LogP contribution in [0.1, 0.15) is 61.8 Å². The third-order valence-corrected chi connectivity index (χ3v) is 9.56. The Morgan fingerprint density at radius 2 is 1.65 bits per heavy atom. The number of ether oxygens (including phenoxy) is 2. The Hall–Kier alpha value is -3.74. The molecule has 244 valence electrons. The SMILES string of the molecule is COCC1OC(n2cnc3c(NCC(c4ccccc4)c4ccccc4)nc(C(C=O)N4CCC(C(C)C)CC4)nc32)C(O)C1O. The van der Waals surface area contributed by atoms with Crippen LogP contribution in [0.4, 0.5) is 5.82 Å². The van der Waals surface area contributed by atoms with Gasteiger partial charge in [0.25, 0.3) is 0 Å². The Bertz CT molecular complexity index is 1540. The summed E-state index contributed by atoms with van der Waals surface area (Å²) in [5.74, 6) is 2.06. The predicted molar refractivity (Wildman–Crippen MR) is 174 cm³/mol. The molecule has 2 aromatic carbocycles. The summed E-state index contributed by atoms with van der Waals surface area (Å²) in [6.07, 6.45) is 0.414. The molecule has 5 unspecified atom stereocenters. The number of fused-ring (bicyclic) bond motifs is 1. The summed E-state index contributed by atoms with van der Waals surface area (Å²) >= 11 is 0. The Balaban J connectivity index is 1.38. The van der Waals surface area contributed by atoms with Crippen molar-refractivity contribution >= 4 is 23.3 Å². The average molecular weight is 629 g/mol. The monoisotopic (exact) mass is 628 g/mol. The lowest BCUT2D eigenvalue weighted by molar-refractivity contribution is -0.113. The molecular weight excluding hydrogens is 584 g/mol. The Kier molecular flexibility index (Phi) is 10.1. The normalized spacial score (nSPS) is 23.4. The fourth-order valence-corrected chi connectivity index (χ4v) is 6.81. The average Bonchev–Trinajstić information content (AvgIpc) is 3.63. The molecule has 5 atom stereocenters. The largest absolute Gasteiger partial charge is 0.387 e. The number of aliphatic hydroxyl groups is 2. The first-order valence-electron chi connectivity index (χ1n) is 16.2. The molecule has 0 aliphatic carbocycles. The van der Waals surface area contributed by atoms with Gasteiger partial charge in [-0.3, -0.25) is 9.47 Å². The second-order valence-corrected chi connectivity index (χ2v) is 12.7. The number of rotatable bonds is 12. The van der Waals surface area contributed by atoms with Crippen LogP contribution in [0.25, 0.3) is 11.2 Å². The molecule has 2 aliphatic rings. The molecule has 11 nitrogen and oxygen atoms in total. The first-order chi connectivity index (χ1) is 22.4. The van der Waals surface area contributed by atoms with E-state index >= 15 is 0 Å². The van der Waals surface area contributed by atoms with Crippen LogP contribution in [-0.2, 0) is 14.3 Å². The first kappa shape index (κ1) is 32.2. The molecule has 0 spiro atoms. The van der Waals surface area contributed by atoms with E-state index in [1.165, 1.54) is 7.11 Å². The molecule has 4 aromatic rings. The van der Waals surface area contributed by atoms with Gasteiger partial charge in [-0.05, 0) is 48.9 Å². The number of likely N-dealkylation sites (tertiary alicyclic amines) is 1. The van der Waals surface area contributed by atoms with Crippen LogP contribution < -0.4 is 5.32 Å². The van der Waals surface area contributed by atoms with Gasteiger partial charge in [0.15, 0.2) is 29.0 Å². The summed E-state index contributed by atoms with van der Waals surface area (Å²) in [5.41, 5.74) is 3.18. The van der Waals surface area contributed by atoms with Gasteiger partial charge in [0.05, 0.1) is 12.9 Å². The quantitative estimate of drug-likeness (QED) is 0.198. The molecule has 6 rings (SSSR count). The number of aromatic nitrogens is 4. The van der Waals surface area contributed by atoms with Crippen LogP contribution in [0.15, 0.2) is 67.0 Å². The van der Waals surface area contributed by atoms with Crippen molar-refractivity contribution in [2.24, 2.45) is 11.8 Å². The van der Waals surface area contributed by atoms with Crippen molar-refractivity contribution in [1.29, 1.82) is 0 Å². The van der Waals surface area contributed by atoms with E-state index in [4.69, 9.17) is 19.4 Å². The lowest BCUT2D eigenvalue weighted by Crippen LogP contribution is -2.39. The van der Waals surface area contributed by atoms with Crippen LogP contribution >= 0.6 is 0 Å². The Morgan fingerprint density at radius 3 is 2.24 bits per heavy atom. The molecule has 4 heterocycles. The first-order valence-corrected chi connectivity index (χ1v) is 16.2. The number of benzene rings is 2. The van der Waals surface area contributed by atoms with Crippen molar-refractivity contribution in [3.8, 4) is 0 Å². The van der Waals surface area contributed by atoms with E-state index in [2.05, 4.69) is 53.3 Å². The maximum Gasteiger partial charge on any atom is 0.168 e. The minimum atomic E-state index is -1.23. The molecule has 2 aliphatic heterocycles. The smallest absolute Gasteiger partial charge is 0.168 e. The van der Waals surface area contributed by atoms with E-state index in [1.807, 2.05) is 36.4 Å². The molecule has 11 heteroatoms. The van der Waals surface area contributed by atoms with E-state index in [-0.39, 0.29) is 12.5 Å². The summed E-state index contributed by atoms with van der Waals surface area (Å²) in [5, 5.41) is 25.2. The topological polar surface area (TPSA) is 135 Å². The minimum Gasteiger partial charge on any atom is -0.387 e. The van der Waals surface area contributed by atoms with Gasteiger partial charge < -0.3 is 29.8 Å². The molecule has 3 N–H and O–H groups in total. The van der Waals surface area contributed by atoms with Gasteiger partial charge >= 0.3 is 0 Å². The number of nitrogens with one attached hydrogen (secondary N) is 1. The Labute approximate surface area is 269 Å². The zero-order valence-electron chi connectivity index (χ0n) is 26.6. The van der Waals surface area contributed by atoms with Crippen molar-refractivity contribution in [2.45, 2.75) is 63.2 Å². The van der Waals surface area contributed by atoms with Crippen LogP contribution in [0.3, 0.4) is 0 Å². The van der Waals surface area contributed by atoms with E-state index in [9.17, 15) is 15.0 Å². The number of carbonyl (C=O) groups excluding carboxylic acids is 1. The fourth-order valence-electron chi connectivity index (χ4n) is 6.81. The standard InChI is InChI=1S/C35H44N6O5/c1-22(2)23-14-16-40(17-15-23)27(19-42)32-38-33(36-18-26(24-10-6-4-7-11-24)25-12-8-5-9-13-25)29-34(39-32)41(21-37-29)35-31(44)30(43)28(46-35)20-45-3/h4-13,19,21-23,26-28,30-31,35,43-44H,14-18,20H2,1-3H3,(H,36,38,39). The highest BCUT2D eigenvalue weighted by molar-refractivity contribution is 5.83. The number of aliphatic hydroxyl groups excluding tert-OH is 2. The van der Waals surface area contributed by atoms with Gasteiger partial charge in [0, 0.05) is 19.6 Å². The zero-order valence-corrected chi connectivity index (χ0v) is 26.6. The lowest BCUT2D eigenvalue weighted by atomic mass is 9.86. The third-order valence-electron chi connectivity index (χ3n) is 9.56. The number of hydrogen-bond donors (Lipinski definition) is 3. The van der Waals surface area contributed by atoms with Gasteiger partial charge in [0.2, 0.25) is 0 Å². The number of carbonyl (C=O) groups is 1. The van der Waals surface area contributed by atoms with E-state index in [0.717, 1.165) is 43.3 Å².